The Morgan fingerprint density at radius 1 is 0.537 bits per heavy atom. The summed E-state index contributed by atoms with van der Waals surface area (Å²) in [6.07, 6.45) is 3.48. The van der Waals surface area contributed by atoms with Gasteiger partial charge in [0.25, 0.3) is 11.4 Å². The van der Waals surface area contributed by atoms with Gasteiger partial charge in [0.15, 0.2) is 0 Å². The highest BCUT2D eigenvalue weighted by molar-refractivity contribution is 6.09. The lowest BCUT2D eigenvalue weighted by Gasteiger charge is -2.43. The van der Waals surface area contributed by atoms with Crippen molar-refractivity contribution in [3.8, 4) is 61.8 Å². The Bertz CT molecular complexity index is 4980. The van der Waals surface area contributed by atoms with Gasteiger partial charge in [-0.15, -0.1) is 0 Å². The summed E-state index contributed by atoms with van der Waals surface area (Å²) in [7, 11) is 0. The Morgan fingerprint density at radius 2 is 1.17 bits per heavy atom. The van der Waals surface area contributed by atoms with Crippen molar-refractivity contribution < 1.29 is 19.8 Å². The molecule has 0 fully saturated rings. The lowest BCUT2D eigenvalue weighted by atomic mass is 9.61. The zero-order valence-electron chi connectivity index (χ0n) is 59.2. The van der Waals surface area contributed by atoms with Crippen molar-refractivity contribution in [2.75, 3.05) is 0 Å². The molecule has 0 saturated heterocycles. The Balaban J connectivity index is 0.986. The van der Waals surface area contributed by atoms with Crippen LogP contribution in [0.2, 0.25) is 0 Å². The summed E-state index contributed by atoms with van der Waals surface area (Å²) in [5.41, 5.74) is 11.4. The average molecular weight is 1080 g/mol. The number of hydrogen-bond donors (Lipinski definition) is 0. The van der Waals surface area contributed by atoms with E-state index in [0.717, 1.165) is 57.6 Å². The van der Waals surface area contributed by atoms with Crippen LogP contribution in [-0.2, 0) is 21.7 Å². The van der Waals surface area contributed by atoms with Crippen LogP contribution in [0.15, 0.2) is 212 Å². The third kappa shape index (κ3) is 9.28. The molecule has 0 N–H and O–H groups in total. The van der Waals surface area contributed by atoms with Crippen LogP contribution in [0.25, 0.3) is 72.1 Å². The molecule has 1 aliphatic heterocycles. The van der Waals surface area contributed by atoms with E-state index in [1.54, 1.807) is 41.1 Å². The van der Waals surface area contributed by atoms with Gasteiger partial charge in [-0.05, 0) is 149 Å². The van der Waals surface area contributed by atoms with E-state index < -0.39 is 18.9 Å². The zero-order valence-corrected chi connectivity index (χ0v) is 48.2. The van der Waals surface area contributed by atoms with Crippen LogP contribution >= 0.6 is 0 Å². The van der Waals surface area contributed by atoms with Gasteiger partial charge < -0.3 is 4.74 Å². The van der Waals surface area contributed by atoms with E-state index in [1.807, 2.05) is 106 Å². The summed E-state index contributed by atoms with van der Waals surface area (Å²) in [4.78, 5) is 5.01. The summed E-state index contributed by atoms with van der Waals surface area (Å²) in [6, 6.07) is 51.5. The van der Waals surface area contributed by atoms with E-state index >= 15 is 0 Å². The van der Waals surface area contributed by atoms with Crippen molar-refractivity contribution in [3.63, 3.8) is 0 Å². The second-order valence-electron chi connectivity index (χ2n) is 25.3. The van der Waals surface area contributed by atoms with Crippen molar-refractivity contribution >= 4 is 50.6 Å². The molecule has 13 rings (SSSR count). The highest BCUT2D eigenvalue weighted by Gasteiger charge is 2.41. The van der Waals surface area contributed by atoms with Gasteiger partial charge in [-0.2, -0.15) is 0 Å². The topological polar surface area (TPSA) is 33.1 Å². The van der Waals surface area contributed by atoms with Crippen LogP contribution in [0.3, 0.4) is 0 Å². The van der Waals surface area contributed by atoms with E-state index in [2.05, 4.69) is 99.5 Å². The fourth-order valence-corrected chi connectivity index (χ4v) is 12.0. The van der Waals surface area contributed by atoms with Crippen molar-refractivity contribution in [1.82, 2.24) is 18.7 Å². The molecule has 5 heteroatoms. The first-order valence-electron chi connectivity index (χ1n) is 33.7. The van der Waals surface area contributed by atoms with Crippen molar-refractivity contribution in [1.29, 1.82) is 0 Å². The highest BCUT2D eigenvalue weighted by atomic mass is 16.5. The number of ether oxygens (including phenoxy) is 1. The van der Waals surface area contributed by atoms with E-state index in [-0.39, 0.29) is 91.3 Å². The SMILES string of the molecule is [2H]c1c([2H])c(-c2cccc(-c3cc(C(C)(C)C)cc(C(C)(C)C)c3)c2[N+]2=C=[N+](c3cccc(Oc4ccc5c6c([2H])c([2H])c([2H])c([2H])c6n(-c6cc(C([2H])([2H])[2H])c(-c7cccc8c7C(C)(C)CCC8(C)C)cn6)c5c4)c3)c3ccccc32)c([2H])c([2H])c1-c1ccccc1. The summed E-state index contributed by atoms with van der Waals surface area (Å²) in [6.45, 7) is 19.4. The van der Waals surface area contributed by atoms with E-state index in [1.165, 1.54) is 11.6 Å². The summed E-state index contributed by atoms with van der Waals surface area (Å²) in [5, 5.41) is 0.733. The Morgan fingerprint density at radius 3 is 1.90 bits per heavy atom. The molecule has 0 bridgehead atoms. The van der Waals surface area contributed by atoms with Crippen LogP contribution in [0, 0.1) is 6.85 Å². The molecular weight excluding hydrogens is 997 g/mol. The number of nitrogens with zero attached hydrogens (tertiary/aromatic N) is 4. The van der Waals surface area contributed by atoms with Crippen LogP contribution in [-0.4, -0.2) is 15.6 Å². The molecule has 2 aromatic heterocycles. The largest absolute Gasteiger partial charge is 0.503 e. The number of pyridine rings is 1. The maximum atomic E-state index is 9.74. The maximum Gasteiger partial charge on any atom is 0.503 e. The molecule has 0 radical (unpaired) electrons. The lowest BCUT2D eigenvalue weighted by molar-refractivity contribution is 0.333. The molecule has 3 heterocycles. The second kappa shape index (κ2) is 19.7. The number of aromatic nitrogens is 2. The number of aryl methyl sites for hydroxylation is 1. The number of fused-ring (bicyclic) bond motifs is 5. The molecular formula is C77H72N4O+2. The van der Waals surface area contributed by atoms with E-state index in [4.69, 9.17) is 16.6 Å². The Hall–Kier alpha value is -8.89. The van der Waals surface area contributed by atoms with E-state index in [9.17, 15) is 8.22 Å². The smallest absolute Gasteiger partial charge is 0.457 e. The van der Waals surface area contributed by atoms with E-state index in [0.29, 0.717) is 50.5 Å². The molecule has 0 amide bonds. The molecule has 11 aromatic rings. The number of benzene rings is 9. The molecule has 2 aliphatic rings. The van der Waals surface area contributed by atoms with Gasteiger partial charge in [-0.1, -0.05) is 203 Å². The number of hydrogen-bond acceptors (Lipinski definition) is 2. The average Bonchev–Trinajstić information content (AvgIpc) is 1.67. The zero-order chi connectivity index (χ0) is 66.3. The molecule has 404 valence electrons. The van der Waals surface area contributed by atoms with Crippen LogP contribution in [0.4, 0.5) is 22.7 Å². The van der Waals surface area contributed by atoms with Crippen molar-refractivity contribution in [2.45, 2.75) is 111 Å². The molecule has 5 nitrogen and oxygen atoms in total. The Kier molecular flexibility index (Phi) is 9.88. The van der Waals surface area contributed by atoms with Crippen LogP contribution in [0.1, 0.15) is 125 Å². The van der Waals surface area contributed by atoms with Gasteiger partial charge in [-0.25, -0.2) is 4.98 Å². The molecule has 0 spiro atoms. The quantitative estimate of drug-likeness (QED) is 0.135. The first kappa shape index (κ1) is 41.2. The monoisotopic (exact) mass is 1080 g/mol. The van der Waals surface area contributed by atoms with Gasteiger partial charge in [-0.3, -0.25) is 4.57 Å². The van der Waals surface area contributed by atoms with Gasteiger partial charge in [0.1, 0.15) is 17.3 Å². The molecule has 1 aliphatic carbocycles. The Labute approximate surface area is 499 Å². The maximum absolute atomic E-state index is 9.74. The summed E-state index contributed by atoms with van der Waals surface area (Å²) < 4.78 is 114. The van der Waals surface area contributed by atoms with Gasteiger partial charge in [0.05, 0.1) is 39.2 Å². The summed E-state index contributed by atoms with van der Waals surface area (Å²) >= 11 is 0. The predicted molar refractivity (Wildman–Crippen MR) is 345 cm³/mol. The first-order chi connectivity index (χ1) is 43.9. The standard InChI is InChI=1S/C77H72N4O/c1-50-42-71(78-48-65(50)64-29-21-30-66-72(64)77(10,11)41-40-76(66,8)9)81-67-31-16-15-26-62(67)63-39-38-59(47-70(63)81)82-58-25-19-24-57(46-58)79-49-80(69-33-18-17-32-68(69)79)73-60(53-36-34-52(35-37-53)51-22-13-12-14-23-51)27-20-28-61(73)54-43-55(74(2,3)4)45-56(44-54)75(5,6)7/h12-39,42-48H,40-41H2,1-11H3/q+2/i1D3,15D,16D,26D,31D,34D,35D,36D,37D. The molecule has 0 unspecified atom stereocenters. The number of rotatable bonds is 9. The highest BCUT2D eigenvalue weighted by Crippen LogP contribution is 2.51. The summed E-state index contributed by atoms with van der Waals surface area (Å²) in [5.74, 6) is 0.941. The molecule has 82 heavy (non-hydrogen) atoms. The first-order valence-corrected chi connectivity index (χ1v) is 28.2. The molecule has 9 aromatic carbocycles. The molecule has 0 saturated carbocycles. The third-order valence-corrected chi connectivity index (χ3v) is 16.7. The normalized spacial score (nSPS) is 16.6. The number of para-hydroxylation sites is 4. The minimum atomic E-state index is -2.62. The van der Waals surface area contributed by atoms with Crippen molar-refractivity contribution in [2.24, 2.45) is 0 Å². The predicted octanol–water partition coefficient (Wildman–Crippen LogP) is 20.7. The lowest BCUT2D eigenvalue weighted by Crippen LogP contribution is -2.34. The van der Waals surface area contributed by atoms with Crippen LogP contribution in [0.5, 0.6) is 11.5 Å². The van der Waals surface area contributed by atoms with Gasteiger partial charge >= 0.3 is 6.01 Å². The van der Waals surface area contributed by atoms with Gasteiger partial charge in [0.2, 0.25) is 11.4 Å². The molecule has 0 atom stereocenters. The fourth-order valence-electron chi connectivity index (χ4n) is 12.0. The second-order valence-corrected chi connectivity index (χ2v) is 25.3. The van der Waals surface area contributed by atoms with Crippen molar-refractivity contribution in [3.05, 3.63) is 240 Å². The fraction of sp³-hybridized carbons (Fsp3) is 0.221. The van der Waals surface area contributed by atoms with Gasteiger partial charge in [0, 0.05) is 50.9 Å². The van der Waals surface area contributed by atoms with Crippen LogP contribution < -0.4 is 13.9 Å². The minimum Gasteiger partial charge on any atom is -0.457 e. The third-order valence-electron chi connectivity index (χ3n) is 16.7. The minimum absolute atomic E-state index is 0.0590.